The molecule has 1 aliphatic carbocycles. The highest BCUT2D eigenvalue weighted by Gasteiger charge is 2.47. The van der Waals surface area contributed by atoms with E-state index in [1.807, 2.05) is 0 Å². The molecule has 4 rings (SSSR count). The van der Waals surface area contributed by atoms with Crippen molar-refractivity contribution in [2.24, 2.45) is 11.8 Å². The Morgan fingerprint density at radius 3 is 2.40 bits per heavy atom. The molecule has 1 saturated carbocycles. The number of carbonyl (C=O) groups excluding carboxylic acids is 5. The Hall–Kier alpha value is -3.23. The lowest BCUT2D eigenvalue weighted by Crippen LogP contribution is -2.44. The van der Waals surface area contributed by atoms with Gasteiger partial charge in [-0.25, -0.2) is 0 Å². The predicted molar refractivity (Wildman–Crippen MR) is 105 cm³/mol. The van der Waals surface area contributed by atoms with Gasteiger partial charge in [-0.3, -0.25) is 33.8 Å². The molecule has 3 aliphatic rings. The fraction of sp³-hybridized carbons (Fsp3) is 0.476. The number of nitrogens with zero attached hydrogens (tertiary/aromatic N) is 2. The number of amides is 4. The van der Waals surface area contributed by atoms with Crippen LogP contribution >= 0.6 is 0 Å². The normalized spacial score (nSPS) is 23.0. The summed E-state index contributed by atoms with van der Waals surface area (Å²) < 4.78 is 5.05. The highest BCUT2D eigenvalue weighted by molar-refractivity contribution is 6.10. The predicted octanol–water partition coefficient (Wildman–Crippen LogP) is 1.08. The van der Waals surface area contributed by atoms with Crippen LogP contribution in [0.25, 0.3) is 0 Å². The number of imide groups is 1. The molecule has 0 aromatic heterocycles. The van der Waals surface area contributed by atoms with Crippen LogP contribution in [0.3, 0.4) is 0 Å². The van der Waals surface area contributed by atoms with Crippen molar-refractivity contribution in [2.45, 2.75) is 32.1 Å². The topological polar surface area (TPSA) is 113 Å². The smallest absolute Gasteiger partial charge is 0.308 e. The molecule has 1 aromatic rings. The van der Waals surface area contributed by atoms with Gasteiger partial charge in [-0.15, -0.1) is 0 Å². The molecule has 2 aliphatic heterocycles. The van der Waals surface area contributed by atoms with E-state index < -0.39 is 18.5 Å². The number of rotatable bonds is 5. The van der Waals surface area contributed by atoms with Gasteiger partial charge in [-0.05, 0) is 25.0 Å². The maximum absolute atomic E-state index is 12.5. The lowest BCUT2D eigenvalue weighted by atomic mass is 9.81. The monoisotopic (exact) mass is 413 g/mol. The number of hydrogen-bond acceptors (Lipinski definition) is 6. The summed E-state index contributed by atoms with van der Waals surface area (Å²) in [6, 6.07) is 6.85. The summed E-state index contributed by atoms with van der Waals surface area (Å²) in [6.07, 6.45) is 3.15. The second-order valence-corrected chi connectivity index (χ2v) is 7.78. The van der Waals surface area contributed by atoms with Gasteiger partial charge in [-0.1, -0.05) is 25.0 Å². The van der Waals surface area contributed by atoms with Crippen LogP contribution in [0.2, 0.25) is 0 Å². The van der Waals surface area contributed by atoms with Crippen molar-refractivity contribution in [1.82, 2.24) is 4.90 Å². The molecule has 158 valence electrons. The average Bonchev–Trinajstić information content (AvgIpc) is 3.00. The molecule has 2 fully saturated rings. The summed E-state index contributed by atoms with van der Waals surface area (Å²) in [7, 11) is 0. The van der Waals surface area contributed by atoms with Gasteiger partial charge < -0.3 is 10.1 Å². The second kappa shape index (κ2) is 8.25. The molecule has 30 heavy (non-hydrogen) atoms. The van der Waals surface area contributed by atoms with Crippen molar-refractivity contribution in [3.8, 4) is 0 Å². The minimum absolute atomic E-state index is 0.0351. The summed E-state index contributed by atoms with van der Waals surface area (Å²) in [5.41, 5.74) is 1.05. The van der Waals surface area contributed by atoms with Gasteiger partial charge in [0.05, 0.1) is 29.6 Å². The average molecular weight is 413 g/mol. The van der Waals surface area contributed by atoms with E-state index in [4.69, 9.17) is 4.74 Å². The quantitative estimate of drug-likeness (QED) is 0.571. The Kier molecular flexibility index (Phi) is 5.52. The lowest BCUT2D eigenvalue weighted by molar-refractivity contribution is -0.149. The number of likely N-dealkylation sites (tertiary alicyclic amines) is 1. The molecule has 1 aromatic carbocycles. The van der Waals surface area contributed by atoms with Crippen molar-refractivity contribution < 1.29 is 28.7 Å². The molecule has 2 heterocycles. The largest absolute Gasteiger partial charge is 0.455 e. The summed E-state index contributed by atoms with van der Waals surface area (Å²) >= 11 is 0. The lowest BCUT2D eigenvalue weighted by Gasteiger charge is -2.28. The third-order valence-corrected chi connectivity index (χ3v) is 5.90. The number of hydrogen-bond donors (Lipinski definition) is 1. The minimum atomic E-state index is -0.673. The summed E-state index contributed by atoms with van der Waals surface area (Å²) in [6.45, 7) is -0.715. The van der Waals surface area contributed by atoms with E-state index in [0.29, 0.717) is 11.4 Å². The van der Waals surface area contributed by atoms with E-state index in [1.54, 1.807) is 24.3 Å². The summed E-state index contributed by atoms with van der Waals surface area (Å²) in [5, 5.41) is 2.68. The highest BCUT2D eigenvalue weighted by atomic mass is 16.5. The fourth-order valence-corrected chi connectivity index (χ4v) is 4.40. The van der Waals surface area contributed by atoms with E-state index in [-0.39, 0.29) is 49.1 Å². The van der Waals surface area contributed by atoms with Gasteiger partial charge in [-0.2, -0.15) is 0 Å². The van der Waals surface area contributed by atoms with Crippen molar-refractivity contribution in [3.63, 3.8) is 0 Å². The summed E-state index contributed by atoms with van der Waals surface area (Å²) in [4.78, 5) is 63.7. The third kappa shape index (κ3) is 3.79. The third-order valence-electron chi connectivity index (χ3n) is 5.90. The van der Waals surface area contributed by atoms with Crippen LogP contribution in [0, 0.1) is 11.8 Å². The van der Waals surface area contributed by atoms with Gasteiger partial charge in [0.15, 0.2) is 6.61 Å². The van der Waals surface area contributed by atoms with E-state index in [2.05, 4.69) is 5.32 Å². The number of fused-ring (bicyclic) bond motifs is 2. The first-order chi connectivity index (χ1) is 14.5. The van der Waals surface area contributed by atoms with Crippen LogP contribution in [-0.2, 0) is 28.7 Å². The van der Waals surface area contributed by atoms with Crippen LogP contribution in [-0.4, -0.2) is 54.2 Å². The number of esters is 1. The van der Waals surface area contributed by atoms with Crippen molar-refractivity contribution in [2.75, 3.05) is 29.9 Å². The second-order valence-electron chi connectivity index (χ2n) is 7.78. The van der Waals surface area contributed by atoms with Crippen LogP contribution in [0.15, 0.2) is 24.3 Å². The number of nitrogens with one attached hydrogen (secondary N) is 1. The molecular weight excluding hydrogens is 390 g/mol. The molecule has 0 spiro atoms. The van der Waals surface area contributed by atoms with Crippen LogP contribution in [0.4, 0.5) is 11.4 Å². The Labute approximate surface area is 173 Å². The maximum Gasteiger partial charge on any atom is 0.308 e. The molecule has 9 heteroatoms. The van der Waals surface area contributed by atoms with Gasteiger partial charge in [0, 0.05) is 6.54 Å². The number of carbonyl (C=O) groups is 5. The molecule has 0 radical (unpaired) electrons. The zero-order chi connectivity index (χ0) is 21.3. The summed E-state index contributed by atoms with van der Waals surface area (Å²) in [5.74, 6) is -2.45. The van der Waals surface area contributed by atoms with Gasteiger partial charge in [0.1, 0.15) is 6.54 Å². The first-order valence-corrected chi connectivity index (χ1v) is 10.2. The van der Waals surface area contributed by atoms with Gasteiger partial charge >= 0.3 is 5.97 Å². The van der Waals surface area contributed by atoms with E-state index in [1.165, 1.54) is 4.90 Å². The Balaban J connectivity index is 1.29. The number of anilines is 2. The van der Waals surface area contributed by atoms with Crippen LogP contribution in [0.1, 0.15) is 32.1 Å². The first-order valence-electron chi connectivity index (χ1n) is 10.2. The molecular formula is C21H23N3O6. The molecule has 0 bridgehead atoms. The fourth-order valence-electron chi connectivity index (χ4n) is 4.40. The highest BCUT2D eigenvalue weighted by Crippen LogP contribution is 2.38. The van der Waals surface area contributed by atoms with Crippen LogP contribution < -0.4 is 10.2 Å². The Bertz CT molecular complexity index is 890. The molecule has 4 amide bonds. The van der Waals surface area contributed by atoms with E-state index in [0.717, 1.165) is 30.6 Å². The Morgan fingerprint density at radius 2 is 1.70 bits per heavy atom. The van der Waals surface area contributed by atoms with Crippen LogP contribution in [0.5, 0.6) is 0 Å². The van der Waals surface area contributed by atoms with E-state index in [9.17, 15) is 24.0 Å². The number of benzene rings is 1. The molecule has 2 atom stereocenters. The van der Waals surface area contributed by atoms with Crippen molar-refractivity contribution in [1.29, 1.82) is 0 Å². The minimum Gasteiger partial charge on any atom is -0.455 e. The number of ether oxygens (including phenoxy) is 1. The molecule has 0 unspecified atom stereocenters. The zero-order valence-electron chi connectivity index (χ0n) is 16.5. The standard InChI is InChI=1S/C21H23N3O6/c25-17-11-24(16-8-4-3-7-15(16)22-17)18(26)12-30-19(27)9-10-23-20(28)13-5-1-2-6-14(13)21(23)29/h3-4,7-8,13-14H,1-2,5-6,9-12H2,(H,22,25)/t13-,14+. The van der Waals surface area contributed by atoms with Crippen molar-refractivity contribution in [3.05, 3.63) is 24.3 Å². The first kappa shape index (κ1) is 20.1. The SMILES string of the molecule is O=C1CN(C(=O)COC(=O)CCN2C(=O)[C@H]3CCCC[C@H]3C2=O)c2ccccc2N1. The van der Waals surface area contributed by atoms with E-state index >= 15 is 0 Å². The van der Waals surface area contributed by atoms with Gasteiger partial charge in [0.2, 0.25) is 17.7 Å². The van der Waals surface area contributed by atoms with Gasteiger partial charge in [0.25, 0.3) is 5.91 Å². The molecule has 1 N–H and O–H groups in total. The van der Waals surface area contributed by atoms with Crippen molar-refractivity contribution >= 4 is 41.0 Å². The molecule has 1 saturated heterocycles. The zero-order valence-corrected chi connectivity index (χ0v) is 16.5. The Morgan fingerprint density at radius 1 is 1.03 bits per heavy atom. The number of para-hydroxylation sites is 2. The molecule has 9 nitrogen and oxygen atoms in total. The maximum atomic E-state index is 12.5.